The van der Waals surface area contributed by atoms with Crippen LogP contribution >= 0.6 is 11.8 Å². The summed E-state index contributed by atoms with van der Waals surface area (Å²) in [4.78, 5) is 22.8. The van der Waals surface area contributed by atoms with Gasteiger partial charge in [-0.1, -0.05) is 5.57 Å². The number of allylic oxidation sites excluding steroid dienone is 1. The summed E-state index contributed by atoms with van der Waals surface area (Å²) in [6.45, 7) is 0. The number of hydrogen-bond donors (Lipinski definition) is 0. The van der Waals surface area contributed by atoms with Gasteiger partial charge in [0.15, 0.2) is 5.78 Å². The number of esters is 1. The third-order valence-electron chi connectivity index (χ3n) is 3.31. The second kappa shape index (κ2) is 4.29. The second-order valence-electron chi connectivity index (χ2n) is 4.40. The van der Waals surface area contributed by atoms with Crippen molar-refractivity contribution in [1.82, 2.24) is 0 Å². The van der Waals surface area contributed by atoms with Crippen LogP contribution in [0.25, 0.3) is 0 Å². The number of fused-ring (bicyclic) bond motifs is 1. The lowest BCUT2D eigenvalue weighted by Gasteiger charge is -2.38. The summed E-state index contributed by atoms with van der Waals surface area (Å²) in [6.07, 6.45) is -3.63. The number of methoxy groups -OCH3 is 1. The molecule has 0 bridgehead atoms. The fraction of sp³-hybridized carbons (Fsp3) is 0.636. The van der Waals surface area contributed by atoms with E-state index in [-0.39, 0.29) is 18.0 Å². The van der Waals surface area contributed by atoms with E-state index in [0.717, 1.165) is 7.11 Å². The number of rotatable bonds is 1. The number of ether oxygens (including phenoxy) is 1. The van der Waals surface area contributed by atoms with Crippen LogP contribution < -0.4 is 0 Å². The summed E-state index contributed by atoms with van der Waals surface area (Å²) in [7, 11) is 0.946. The quantitative estimate of drug-likeness (QED) is 0.690. The van der Waals surface area contributed by atoms with Gasteiger partial charge in [0, 0.05) is 12.2 Å². The van der Waals surface area contributed by atoms with Crippen LogP contribution in [0.3, 0.4) is 0 Å². The van der Waals surface area contributed by atoms with E-state index in [9.17, 15) is 22.8 Å². The Morgan fingerprint density at radius 1 is 1.56 bits per heavy atom. The summed E-state index contributed by atoms with van der Waals surface area (Å²) in [5, 5.41) is 0. The highest BCUT2D eigenvalue weighted by atomic mass is 32.2. The van der Waals surface area contributed by atoms with Gasteiger partial charge < -0.3 is 4.74 Å². The monoisotopic (exact) mass is 280 g/mol. The van der Waals surface area contributed by atoms with Crippen LogP contribution in [0.2, 0.25) is 0 Å². The Morgan fingerprint density at radius 3 is 2.78 bits per heavy atom. The molecule has 0 aromatic heterocycles. The molecule has 2 rings (SSSR count). The maximum absolute atomic E-state index is 13.2. The molecule has 18 heavy (non-hydrogen) atoms. The molecule has 1 aliphatic heterocycles. The maximum atomic E-state index is 13.2. The van der Waals surface area contributed by atoms with Crippen molar-refractivity contribution in [2.75, 3.05) is 12.9 Å². The maximum Gasteiger partial charge on any atom is 0.413 e. The van der Waals surface area contributed by atoms with Crippen LogP contribution in [0, 0.1) is 5.92 Å². The van der Waals surface area contributed by atoms with E-state index in [4.69, 9.17) is 0 Å². The van der Waals surface area contributed by atoms with Gasteiger partial charge in [-0.2, -0.15) is 13.2 Å². The molecule has 1 saturated heterocycles. The lowest BCUT2D eigenvalue weighted by atomic mass is 9.88. The first-order valence-electron chi connectivity index (χ1n) is 5.32. The Morgan fingerprint density at radius 2 is 2.22 bits per heavy atom. The van der Waals surface area contributed by atoms with Crippen molar-refractivity contribution in [3.63, 3.8) is 0 Å². The zero-order valence-electron chi connectivity index (χ0n) is 9.54. The lowest BCUT2D eigenvalue weighted by Crippen LogP contribution is -2.53. The largest absolute Gasteiger partial charge is 0.468 e. The topological polar surface area (TPSA) is 43.4 Å². The normalized spacial score (nSPS) is 31.9. The third kappa shape index (κ3) is 1.94. The van der Waals surface area contributed by atoms with Gasteiger partial charge in [0.25, 0.3) is 0 Å². The van der Waals surface area contributed by atoms with E-state index in [1.807, 2.05) is 0 Å². The first kappa shape index (κ1) is 13.5. The Labute approximate surface area is 106 Å². The molecule has 0 saturated carbocycles. The van der Waals surface area contributed by atoms with Gasteiger partial charge in [0.05, 0.1) is 7.11 Å². The van der Waals surface area contributed by atoms with Crippen LogP contribution in [0.5, 0.6) is 0 Å². The Balaban J connectivity index is 2.32. The molecule has 0 aromatic carbocycles. The molecular weight excluding hydrogens is 269 g/mol. The lowest BCUT2D eigenvalue weighted by molar-refractivity contribution is -0.188. The first-order chi connectivity index (χ1) is 8.30. The molecule has 100 valence electrons. The molecule has 7 heteroatoms. The predicted molar refractivity (Wildman–Crippen MR) is 59.1 cm³/mol. The van der Waals surface area contributed by atoms with Crippen LogP contribution in [0.15, 0.2) is 11.6 Å². The van der Waals surface area contributed by atoms with Gasteiger partial charge in [-0.15, -0.1) is 11.8 Å². The predicted octanol–water partition coefficient (Wildman–Crippen LogP) is 2.11. The smallest absolute Gasteiger partial charge is 0.413 e. The summed E-state index contributed by atoms with van der Waals surface area (Å²) in [5.74, 6) is -1.89. The molecule has 0 N–H and O–H groups in total. The van der Waals surface area contributed by atoms with Gasteiger partial charge >= 0.3 is 12.1 Å². The van der Waals surface area contributed by atoms with Crippen LogP contribution in [-0.2, 0) is 14.3 Å². The fourth-order valence-corrected chi connectivity index (χ4v) is 3.77. The van der Waals surface area contributed by atoms with Gasteiger partial charge in [-0.25, -0.2) is 0 Å². The molecule has 1 fully saturated rings. The van der Waals surface area contributed by atoms with Gasteiger partial charge in [-0.3, -0.25) is 9.59 Å². The minimum atomic E-state index is -4.68. The molecule has 0 unspecified atom stereocenters. The number of carbonyl (C=O) groups is 2. The molecule has 3 nitrogen and oxygen atoms in total. The summed E-state index contributed by atoms with van der Waals surface area (Å²) >= 11 is 0.509. The van der Waals surface area contributed by atoms with Crippen molar-refractivity contribution in [2.24, 2.45) is 5.92 Å². The Hall–Kier alpha value is -0.980. The minimum absolute atomic E-state index is 0.0466. The average Bonchev–Trinajstić information content (AvgIpc) is 2.64. The Kier molecular flexibility index (Phi) is 3.21. The number of carbonyl (C=O) groups excluding carboxylic acids is 2. The second-order valence-corrected chi connectivity index (χ2v) is 5.67. The van der Waals surface area contributed by atoms with Crippen molar-refractivity contribution in [3.8, 4) is 0 Å². The minimum Gasteiger partial charge on any atom is -0.468 e. The molecule has 2 aliphatic rings. The highest BCUT2D eigenvalue weighted by Crippen LogP contribution is 2.53. The van der Waals surface area contributed by atoms with E-state index in [1.165, 1.54) is 6.08 Å². The highest BCUT2D eigenvalue weighted by Gasteiger charge is 2.64. The molecule has 1 heterocycles. The molecule has 0 aromatic rings. The van der Waals surface area contributed by atoms with E-state index < -0.39 is 29.2 Å². The zero-order chi connectivity index (χ0) is 13.6. The number of ketones is 1. The fourth-order valence-electron chi connectivity index (χ4n) is 2.35. The standard InChI is InChI=1S/C11H11F3O3S/c1-17-9(16)10(11(12,13)14)4-6-2-8(15)3-7(6)5-18-10/h3,6H,2,4-5H2,1H3/t6-,10+/m0/s1. The van der Waals surface area contributed by atoms with E-state index in [1.54, 1.807) is 0 Å². The Bertz CT molecular complexity index is 430. The summed E-state index contributed by atoms with van der Waals surface area (Å²) < 4.78 is 41.3. The van der Waals surface area contributed by atoms with Gasteiger partial charge in [0.2, 0.25) is 4.75 Å². The zero-order valence-corrected chi connectivity index (χ0v) is 10.4. The van der Waals surface area contributed by atoms with Crippen molar-refractivity contribution in [3.05, 3.63) is 11.6 Å². The average molecular weight is 280 g/mol. The SMILES string of the molecule is COC(=O)[C@@]1(C(F)(F)F)C[C@@H]2CC(=O)C=C2CS1. The summed E-state index contributed by atoms with van der Waals surface area (Å²) in [6, 6.07) is 0. The van der Waals surface area contributed by atoms with Crippen LogP contribution in [0.1, 0.15) is 12.8 Å². The molecule has 1 aliphatic carbocycles. The number of thioether (sulfide) groups is 1. The van der Waals surface area contributed by atoms with E-state index >= 15 is 0 Å². The van der Waals surface area contributed by atoms with Crippen LogP contribution in [-0.4, -0.2) is 35.5 Å². The number of halogens is 3. The molecular formula is C11H11F3O3S. The van der Waals surface area contributed by atoms with E-state index in [2.05, 4.69) is 4.74 Å². The van der Waals surface area contributed by atoms with Crippen molar-refractivity contribution >= 4 is 23.5 Å². The highest BCUT2D eigenvalue weighted by molar-refractivity contribution is 8.01. The summed E-state index contributed by atoms with van der Waals surface area (Å²) in [5.41, 5.74) is 0.703. The van der Waals surface area contributed by atoms with Crippen molar-refractivity contribution < 1.29 is 27.5 Å². The molecule has 0 spiro atoms. The van der Waals surface area contributed by atoms with Crippen LogP contribution in [0.4, 0.5) is 13.2 Å². The molecule has 2 atom stereocenters. The third-order valence-corrected chi connectivity index (χ3v) is 4.85. The number of alkyl halides is 3. The van der Waals surface area contributed by atoms with Crippen molar-refractivity contribution in [1.29, 1.82) is 0 Å². The van der Waals surface area contributed by atoms with Gasteiger partial charge in [0.1, 0.15) is 0 Å². The van der Waals surface area contributed by atoms with Crippen molar-refractivity contribution in [2.45, 2.75) is 23.8 Å². The molecule has 0 amide bonds. The van der Waals surface area contributed by atoms with E-state index in [0.29, 0.717) is 17.3 Å². The first-order valence-corrected chi connectivity index (χ1v) is 6.31. The number of hydrogen-bond acceptors (Lipinski definition) is 4. The van der Waals surface area contributed by atoms with Gasteiger partial charge in [-0.05, 0) is 18.4 Å². The molecule has 0 radical (unpaired) electrons.